The summed E-state index contributed by atoms with van der Waals surface area (Å²) in [6.45, 7) is 7.05. The van der Waals surface area contributed by atoms with Gasteiger partial charge in [-0.25, -0.2) is 8.42 Å². The van der Waals surface area contributed by atoms with Crippen LogP contribution in [0, 0.1) is 5.92 Å². The summed E-state index contributed by atoms with van der Waals surface area (Å²) in [6, 6.07) is 4.66. The third-order valence-corrected chi connectivity index (χ3v) is 5.69. The van der Waals surface area contributed by atoms with E-state index < -0.39 is 10.9 Å². The number of hydrogen-bond donors (Lipinski definition) is 2. The molecule has 0 radical (unpaired) electrons. The molecule has 2 saturated heterocycles. The molecule has 0 bridgehead atoms. The summed E-state index contributed by atoms with van der Waals surface area (Å²) in [7, 11) is -2.76. The Morgan fingerprint density at radius 2 is 2.19 bits per heavy atom. The lowest BCUT2D eigenvalue weighted by Crippen LogP contribution is -2.54. The maximum Gasteiger partial charge on any atom is 0.255 e. The van der Waals surface area contributed by atoms with Crippen molar-refractivity contribution < 1.29 is 17.9 Å². The highest BCUT2D eigenvalue weighted by molar-refractivity contribution is 7.73. The van der Waals surface area contributed by atoms with Gasteiger partial charge in [0.25, 0.3) is 5.91 Å². The van der Waals surface area contributed by atoms with E-state index in [1.165, 1.54) is 6.07 Å². The topological polar surface area (TPSA) is 79.0 Å². The van der Waals surface area contributed by atoms with Gasteiger partial charge in [-0.3, -0.25) is 14.4 Å². The normalized spacial score (nSPS) is 24.2. The minimum absolute atomic E-state index is 0.0866. The van der Waals surface area contributed by atoms with Gasteiger partial charge in [0, 0.05) is 44.5 Å². The van der Waals surface area contributed by atoms with Crippen molar-refractivity contribution in [3.05, 3.63) is 28.8 Å². The number of nitrogens with zero attached hydrogens (tertiary/aromatic N) is 2. The molecule has 2 aliphatic rings. The molecule has 9 heteroatoms. The molecule has 2 atom stereocenters. The van der Waals surface area contributed by atoms with E-state index in [-0.39, 0.29) is 17.0 Å². The zero-order chi connectivity index (χ0) is 18.7. The van der Waals surface area contributed by atoms with Crippen molar-refractivity contribution in [3.63, 3.8) is 0 Å². The van der Waals surface area contributed by atoms with Crippen LogP contribution in [0.1, 0.15) is 23.7 Å². The third kappa shape index (κ3) is 4.68. The van der Waals surface area contributed by atoms with E-state index in [1.54, 1.807) is 12.1 Å². The summed E-state index contributed by atoms with van der Waals surface area (Å²) in [5.41, 5.74) is 0.738. The predicted molar refractivity (Wildman–Crippen MR) is 101 cm³/mol. The smallest absolute Gasteiger partial charge is 0.255 e. The van der Waals surface area contributed by atoms with E-state index in [0.29, 0.717) is 23.7 Å². The first-order chi connectivity index (χ1) is 12.4. The largest absolute Gasteiger partial charge is 0.381 e. The molecule has 1 amide bonds. The average Bonchev–Trinajstić information content (AvgIpc) is 3.07. The number of hydrogen-bond acceptors (Lipinski definition) is 5. The highest BCUT2D eigenvalue weighted by atomic mass is 35.5. The van der Waals surface area contributed by atoms with Crippen LogP contribution in [0.5, 0.6) is 0 Å². The Balaban J connectivity index is 1.63. The van der Waals surface area contributed by atoms with E-state index in [4.69, 9.17) is 16.3 Å². The van der Waals surface area contributed by atoms with Crippen molar-refractivity contribution in [2.24, 2.45) is 5.92 Å². The standard InChI is InChI=1S/C17H24ClN3O4S/c1-12-9-20(10-13-4-7-25-11-13)5-6-21(12)17(22)15-3-2-14(8-16(15)18)19-26(23)24/h2-3,8,12-13,26H,4-7,9-11H2,1H3,(H,19,23,24)/t12-,13?/m0/s1. The molecule has 1 aromatic rings. The summed E-state index contributed by atoms with van der Waals surface area (Å²) in [6.07, 6.45) is 1.11. The van der Waals surface area contributed by atoms with Gasteiger partial charge in [0.05, 0.1) is 17.2 Å². The zero-order valence-corrected chi connectivity index (χ0v) is 16.3. The van der Waals surface area contributed by atoms with Gasteiger partial charge in [-0.05, 0) is 37.5 Å². The molecule has 1 unspecified atom stereocenters. The zero-order valence-electron chi connectivity index (χ0n) is 14.7. The first-order valence-corrected chi connectivity index (χ1v) is 10.3. The summed E-state index contributed by atoms with van der Waals surface area (Å²) in [4.78, 5) is 17.1. The van der Waals surface area contributed by atoms with Gasteiger partial charge in [-0.2, -0.15) is 0 Å². The molecule has 0 aromatic heterocycles. The maximum absolute atomic E-state index is 12.9. The molecule has 2 aliphatic heterocycles. The van der Waals surface area contributed by atoms with Crippen molar-refractivity contribution in [1.29, 1.82) is 0 Å². The second-order valence-electron chi connectivity index (χ2n) is 6.90. The van der Waals surface area contributed by atoms with Crippen LogP contribution in [-0.4, -0.2) is 69.6 Å². The number of carbonyl (C=O) groups excluding carboxylic acids is 1. The fraction of sp³-hybridized carbons (Fsp3) is 0.588. The number of ether oxygens (including phenoxy) is 1. The molecule has 1 N–H and O–H groups in total. The Morgan fingerprint density at radius 1 is 1.38 bits per heavy atom. The number of nitrogens with one attached hydrogen (secondary N) is 1. The number of amides is 1. The van der Waals surface area contributed by atoms with Crippen LogP contribution in [0.25, 0.3) is 0 Å². The lowest BCUT2D eigenvalue weighted by Gasteiger charge is -2.40. The van der Waals surface area contributed by atoms with E-state index >= 15 is 0 Å². The number of carbonyl (C=O) groups is 1. The van der Waals surface area contributed by atoms with Crippen molar-refractivity contribution in [2.45, 2.75) is 19.4 Å². The maximum atomic E-state index is 12.9. The molecule has 2 heterocycles. The molecule has 26 heavy (non-hydrogen) atoms. The Morgan fingerprint density at radius 3 is 2.81 bits per heavy atom. The number of benzene rings is 1. The molecule has 1 aromatic carbocycles. The van der Waals surface area contributed by atoms with E-state index in [9.17, 15) is 13.2 Å². The molecule has 3 rings (SSSR count). The van der Waals surface area contributed by atoms with Crippen LogP contribution in [0.15, 0.2) is 18.2 Å². The molecular weight excluding hydrogens is 378 g/mol. The Bertz CT molecular complexity index is 729. The highest BCUT2D eigenvalue weighted by Gasteiger charge is 2.30. The third-order valence-electron chi connectivity index (χ3n) is 4.93. The second kappa shape index (κ2) is 8.56. The van der Waals surface area contributed by atoms with E-state index in [2.05, 4.69) is 9.62 Å². The van der Waals surface area contributed by atoms with Gasteiger partial charge < -0.3 is 9.64 Å². The van der Waals surface area contributed by atoms with Crippen molar-refractivity contribution in [1.82, 2.24) is 9.80 Å². The molecule has 0 spiro atoms. The lowest BCUT2D eigenvalue weighted by molar-refractivity contribution is 0.0452. The SMILES string of the molecule is C[C@H]1CN(CC2CCOC2)CCN1C(=O)c1ccc(N[SH](=O)=O)cc1Cl. The van der Waals surface area contributed by atoms with Gasteiger partial charge in [-0.15, -0.1) is 0 Å². The first-order valence-electron chi connectivity index (χ1n) is 8.75. The number of anilines is 1. The van der Waals surface area contributed by atoms with Gasteiger partial charge in [0.1, 0.15) is 0 Å². The van der Waals surface area contributed by atoms with Gasteiger partial charge >= 0.3 is 0 Å². The summed E-state index contributed by atoms with van der Waals surface area (Å²) in [5.74, 6) is 0.468. The lowest BCUT2D eigenvalue weighted by atomic mass is 10.1. The molecule has 0 aliphatic carbocycles. The van der Waals surface area contributed by atoms with Crippen LogP contribution < -0.4 is 4.72 Å². The van der Waals surface area contributed by atoms with Crippen LogP contribution in [0.4, 0.5) is 5.69 Å². The summed E-state index contributed by atoms with van der Waals surface area (Å²) >= 11 is 6.21. The fourth-order valence-corrected chi connectivity index (χ4v) is 4.22. The molecule has 2 fully saturated rings. The van der Waals surface area contributed by atoms with Gasteiger partial charge in [0.2, 0.25) is 10.9 Å². The van der Waals surface area contributed by atoms with Crippen molar-refractivity contribution in [3.8, 4) is 0 Å². The monoisotopic (exact) mass is 401 g/mol. The van der Waals surface area contributed by atoms with Gasteiger partial charge in [-0.1, -0.05) is 11.6 Å². The molecule has 7 nitrogen and oxygen atoms in total. The number of rotatable bonds is 5. The number of thiol groups is 1. The summed E-state index contributed by atoms with van der Waals surface area (Å²) in [5, 5.41) is 0.245. The summed E-state index contributed by atoms with van der Waals surface area (Å²) < 4.78 is 29.2. The number of halogens is 1. The van der Waals surface area contributed by atoms with E-state index in [0.717, 1.165) is 39.3 Å². The predicted octanol–water partition coefficient (Wildman–Crippen LogP) is 1.46. The minimum atomic E-state index is -2.76. The first kappa shape index (κ1) is 19.4. The number of piperazine rings is 1. The van der Waals surface area contributed by atoms with Crippen LogP contribution in [0.2, 0.25) is 5.02 Å². The Kier molecular flexibility index (Phi) is 6.39. The Hall–Kier alpha value is -1.35. The molecule has 0 saturated carbocycles. The van der Waals surface area contributed by atoms with E-state index in [1.807, 2.05) is 11.8 Å². The second-order valence-corrected chi connectivity index (χ2v) is 8.05. The van der Waals surface area contributed by atoms with Crippen molar-refractivity contribution >= 4 is 34.1 Å². The molecule has 144 valence electrons. The average molecular weight is 402 g/mol. The minimum Gasteiger partial charge on any atom is -0.381 e. The Labute approximate surface area is 160 Å². The quantitative estimate of drug-likeness (QED) is 0.730. The highest BCUT2D eigenvalue weighted by Crippen LogP contribution is 2.25. The fourth-order valence-electron chi connectivity index (χ4n) is 3.61. The molecular formula is C17H24ClN3O4S. The van der Waals surface area contributed by atoms with Crippen LogP contribution in [0.3, 0.4) is 0 Å². The van der Waals surface area contributed by atoms with Gasteiger partial charge in [0.15, 0.2) is 0 Å². The van der Waals surface area contributed by atoms with Crippen LogP contribution in [-0.2, 0) is 15.6 Å². The van der Waals surface area contributed by atoms with Crippen molar-refractivity contribution in [2.75, 3.05) is 44.1 Å². The van der Waals surface area contributed by atoms with Crippen LogP contribution >= 0.6 is 11.6 Å².